The number of aromatic nitrogens is 1. The number of hydrogen-bond donors (Lipinski definition) is 1. The van der Waals surface area contributed by atoms with Gasteiger partial charge in [0.15, 0.2) is 11.6 Å². The highest BCUT2D eigenvalue weighted by Crippen LogP contribution is 2.29. The van der Waals surface area contributed by atoms with E-state index in [0.29, 0.717) is 12.1 Å². The first-order chi connectivity index (χ1) is 10.0. The molecule has 7 heteroatoms. The van der Waals surface area contributed by atoms with Crippen LogP contribution in [-0.2, 0) is 6.54 Å². The zero-order valence-corrected chi connectivity index (χ0v) is 11.6. The van der Waals surface area contributed by atoms with Gasteiger partial charge in [-0.25, -0.2) is 9.37 Å². The molecule has 0 fully saturated rings. The smallest absolute Gasteiger partial charge is 0.275 e. The van der Waals surface area contributed by atoms with Gasteiger partial charge in [0.2, 0.25) is 5.88 Å². The van der Waals surface area contributed by atoms with Crippen molar-refractivity contribution < 1.29 is 14.1 Å². The highest BCUT2D eigenvalue weighted by molar-refractivity contribution is 5.46. The van der Waals surface area contributed by atoms with Crippen molar-refractivity contribution in [1.82, 2.24) is 10.3 Å². The summed E-state index contributed by atoms with van der Waals surface area (Å²) >= 11 is 0. The van der Waals surface area contributed by atoms with Gasteiger partial charge in [0.25, 0.3) is 5.69 Å². The van der Waals surface area contributed by atoms with Gasteiger partial charge in [0.05, 0.1) is 11.0 Å². The summed E-state index contributed by atoms with van der Waals surface area (Å²) in [7, 11) is 1.82. The fourth-order valence-electron chi connectivity index (χ4n) is 1.81. The van der Waals surface area contributed by atoms with E-state index in [4.69, 9.17) is 4.74 Å². The lowest BCUT2D eigenvalue weighted by molar-refractivity contribution is -0.385. The Hall–Kier alpha value is -2.54. The maximum Gasteiger partial charge on any atom is 0.275 e. The Morgan fingerprint density at radius 1 is 1.43 bits per heavy atom. The summed E-state index contributed by atoms with van der Waals surface area (Å²) in [6.45, 7) is 2.19. The minimum atomic E-state index is -0.798. The van der Waals surface area contributed by atoms with Gasteiger partial charge in [-0.2, -0.15) is 0 Å². The van der Waals surface area contributed by atoms with E-state index in [-0.39, 0.29) is 17.3 Å². The number of ether oxygens (including phenoxy) is 1. The summed E-state index contributed by atoms with van der Waals surface area (Å²) in [4.78, 5) is 14.1. The number of benzene rings is 1. The number of nitrogens with zero attached hydrogens (tertiary/aromatic N) is 2. The normalized spacial score (nSPS) is 10.4. The van der Waals surface area contributed by atoms with Crippen LogP contribution in [0.5, 0.6) is 11.6 Å². The summed E-state index contributed by atoms with van der Waals surface area (Å²) in [6.07, 6.45) is 1.61. The van der Waals surface area contributed by atoms with Crippen LogP contribution in [0.15, 0.2) is 30.5 Å². The molecule has 2 aromatic rings. The van der Waals surface area contributed by atoms with Crippen molar-refractivity contribution in [1.29, 1.82) is 0 Å². The van der Waals surface area contributed by atoms with E-state index in [1.54, 1.807) is 18.3 Å². The molecule has 1 N–H and O–H groups in total. The first kappa shape index (κ1) is 14.9. The Bertz CT molecular complexity index is 659. The number of nitrogens with one attached hydrogen (secondary N) is 1. The topological polar surface area (TPSA) is 77.3 Å². The van der Waals surface area contributed by atoms with Gasteiger partial charge >= 0.3 is 0 Å². The molecule has 0 aliphatic carbocycles. The molecule has 0 aliphatic heterocycles. The van der Waals surface area contributed by atoms with E-state index in [1.165, 1.54) is 13.0 Å². The fraction of sp³-hybridized carbons (Fsp3) is 0.214. The van der Waals surface area contributed by atoms with Gasteiger partial charge < -0.3 is 10.1 Å². The van der Waals surface area contributed by atoms with Crippen LogP contribution in [0.2, 0.25) is 0 Å². The molecule has 21 heavy (non-hydrogen) atoms. The molecular formula is C14H14FN3O3. The Kier molecular flexibility index (Phi) is 4.44. The van der Waals surface area contributed by atoms with Gasteiger partial charge in [0, 0.05) is 24.4 Å². The quantitative estimate of drug-likeness (QED) is 0.677. The molecule has 1 heterocycles. The SMILES string of the molecule is CNCc1ccc(Oc2cc(C)c([N+](=O)[O-])cc2F)nc1. The Labute approximate surface area is 120 Å². The van der Waals surface area contributed by atoms with Crippen molar-refractivity contribution in [3.63, 3.8) is 0 Å². The lowest BCUT2D eigenvalue weighted by atomic mass is 10.2. The summed E-state index contributed by atoms with van der Waals surface area (Å²) < 4.78 is 19.1. The number of aryl methyl sites for hydroxylation is 1. The summed E-state index contributed by atoms with van der Waals surface area (Å²) in [5, 5.41) is 13.7. The molecule has 6 nitrogen and oxygen atoms in total. The molecule has 0 radical (unpaired) electrons. The predicted octanol–water partition coefficient (Wildman–Crippen LogP) is 2.95. The molecule has 0 amide bonds. The predicted molar refractivity (Wildman–Crippen MR) is 74.9 cm³/mol. The number of nitro benzene ring substituents is 1. The Morgan fingerprint density at radius 3 is 2.76 bits per heavy atom. The largest absolute Gasteiger partial charge is 0.436 e. The molecule has 0 atom stereocenters. The van der Waals surface area contributed by atoms with E-state index in [9.17, 15) is 14.5 Å². The zero-order valence-electron chi connectivity index (χ0n) is 11.6. The van der Waals surface area contributed by atoms with Crippen LogP contribution in [0.4, 0.5) is 10.1 Å². The van der Waals surface area contributed by atoms with Gasteiger partial charge in [-0.15, -0.1) is 0 Å². The van der Waals surface area contributed by atoms with Crippen LogP contribution in [0.1, 0.15) is 11.1 Å². The van der Waals surface area contributed by atoms with Crippen molar-refractivity contribution in [2.45, 2.75) is 13.5 Å². The van der Waals surface area contributed by atoms with Crippen molar-refractivity contribution in [2.24, 2.45) is 0 Å². The summed E-state index contributed by atoms with van der Waals surface area (Å²) in [6, 6.07) is 5.55. The Balaban J connectivity index is 2.23. The zero-order chi connectivity index (χ0) is 15.4. The maximum absolute atomic E-state index is 13.8. The second-order valence-electron chi connectivity index (χ2n) is 4.46. The molecule has 0 saturated heterocycles. The molecule has 110 valence electrons. The van der Waals surface area contributed by atoms with Crippen LogP contribution in [0.25, 0.3) is 0 Å². The van der Waals surface area contributed by atoms with E-state index in [0.717, 1.165) is 11.6 Å². The van der Waals surface area contributed by atoms with Crippen LogP contribution in [-0.4, -0.2) is 17.0 Å². The Morgan fingerprint density at radius 2 is 2.19 bits per heavy atom. The molecule has 1 aromatic heterocycles. The lowest BCUT2D eigenvalue weighted by Gasteiger charge is -2.08. The fourth-order valence-corrected chi connectivity index (χ4v) is 1.81. The van der Waals surface area contributed by atoms with Gasteiger partial charge in [0.1, 0.15) is 0 Å². The average molecular weight is 291 g/mol. The summed E-state index contributed by atoms with van der Waals surface area (Å²) in [5.74, 6) is -0.664. The first-order valence-electron chi connectivity index (χ1n) is 6.23. The standard InChI is InChI=1S/C14H14FN3O3/c1-9-5-13(11(15)6-12(9)18(19)20)21-14-4-3-10(7-16-2)8-17-14/h3-6,8,16H,7H2,1-2H3. The van der Waals surface area contributed by atoms with Crippen molar-refractivity contribution in [3.8, 4) is 11.6 Å². The molecule has 1 aromatic carbocycles. The molecule has 2 rings (SSSR count). The highest BCUT2D eigenvalue weighted by atomic mass is 19.1. The monoisotopic (exact) mass is 291 g/mol. The second-order valence-corrected chi connectivity index (χ2v) is 4.46. The molecule has 0 unspecified atom stereocenters. The minimum Gasteiger partial charge on any atom is -0.436 e. The minimum absolute atomic E-state index is 0.0908. The average Bonchev–Trinajstić information content (AvgIpc) is 2.44. The lowest BCUT2D eigenvalue weighted by Crippen LogP contribution is -2.05. The highest BCUT2D eigenvalue weighted by Gasteiger charge is 2.17. The van der Waals surface area contributed by atoms with Crippen LogP contribution in [0, 0.1) is 22.9 Å². The van der Waals surface area contributed by atoms with Crippen molar-refractivity contribution >= 4 is 5.69 Å². The van der Waals surface area contributed by atoms with E-state index >= 15 is 0 Å². The van der Waals surface area contributed by atoms with Crippen molar-refractivity contribution in [3.05, 3.63) is 57.5 Å². The van der Waals surface area contributed by atoms with Crippen LogP contribution in [0.3, 0.4) is 0 Å². The van der Waals surface area contributed by atoms with E-state index in [2.05, 4.69) is 10.3 Å². The van der Waals surface area contributed by atoms with Crippen LogP contribution >= 0.6 is 0 Å². The number of nitro groups is 1. The van der Waals surface area contributed by atoms with Crippen LogP contribution < -0.4 is 10.1 Å². The maximum atomic E-state index is 13.8. The third-order valence-corrected chi connectivity index (χ3v) is 2.84. The van der Waals surface area contributed by atoms with Gasteiger partial charge in [-0.05, 0) is 25.6 Å². The molecule has 0 bridgehead atoms. The number of hydrogen-bond acceptors (Lipinski definition) is 5. The van der Waals surface area contributed by atoms with E-state index in [1.807, 2.05) is 7.05 Å². The van der Waals surface area contributed by atoms with Gasteiger partial charge in [-0.3, -0.25) is 10.1 Å². The molecule has 0 saturated carbocycles. The third kappa shape index (κ3) is 3.51. The third-order valence-electron chi connectivity index (χ3n) is 2.84. The number of rotatable bonds is 5. The summed E-state index contributed by atoms with van der Waals surface area (Å²) in [5.41, 5.74) is 1.01. The molecule has 0 spiro atoms. The number of pyridine rings is 1. The molecular weight excluding hydrogens is 277 g/mol. The van der Waals surface area contributed by atoms with Crippen molar-refractivity contribution in [2.75, 3.05) is 7.05 Å². The first-order valence-corrected chi connectivity index (χ1v) is 6.23. The molecule has 0 aliphatic rings. The van der Waals surface area contributed by atoms with E-state index < -0.39 is 10.7 Å². The second kappa shape index (κ2) is 6.27. The number of halogens is 1. The van der Waals surface area contributed by atoms with Gasteiger partial charge in [-0.1, -0.05) is 6.07 Å².